The van der Waals surface area contributed by atoms with Crippen LogP contribution < -0.4 is 10.6 Å². The number of hydrogen-bond acceptors (Lipinski definition) is 9. The number of hydrogen-bond donors (Lipinski definition) is 2. The molecule has 0 fully saturated rings. The fourth-order valence-corrected chi connectivity index (χ4v) is 5.40. The Bertz CT molecular complexity index is 1650. The Kier molecular flexibility index (Phi) is 12.3. The maximum absolute atomic E-state index is 13.4. The van der Waals surface area contributed by atoms with Crippen molar-refractivity contribution in [2.24, 2.45) is 11.8 Å². The van der Waals surface area contributed by atoms with E-state index in [1.165, 1.54) is 11.0 Å². The molecule has 12 nitrogen and oxygen atoms in total. The van der Waals surface area contributed by atoms with Gasteiger partial charge >= 0.3 is 12.1 Å². The number of carbonyl (C=O) groups is 5. The summed E-state index contributed by atoms with van der Waals surface area (Å²) < 4.78 is 16.9. The molecule has 2 bridgehead atoms. The van der Waals surface area contributed by atoms with E-state index in [9.17, 15) is 24.0 Å². The smallest absolute Gasteiger partial charge is 0.412 e. The molecule has 3 atom stereocenters. The Balaban J connectivity index is 1.58. The van der Waals surface area contributed by atoms with Crippen molar-refractivity contribution < 1.29 is 37.9 Å². The van der Waals surface area contributed by atoms with E-state index in [4.69, 9.17) is 13.9 Å². The molecule has 0 saturated heterocycles. The van der Waals surface area contributed by atoms with Crippen LogP contribution in [0.15, 0.2) is 82.7 Å². The molecule has 4 rings (SSSR count). The summed E-state index contributed by atoms with van der Waals surface area (Å²) in [6.45, 7) is 9.80. The van der Waals surface area contributed by atoms with Crippen molar-refractivity contribution in [3.8, 4) is 0 Å². The number of carbonyl (C=O) groups excluding carboxylic acids is 5. The van der Waals surface area contributed by atoms with Gasteiger partial charge in [-0.05, 0) is 56.0 Å². The molecular formula is C36H42N4O8. The maximum atomic E-state index is 13.4. The molecule has 3 heterocycles. The zero-order valence-corrected chi connectivity index (χ0v) is 27.9. The number of esters is 1. The van der Waals surface area contributed by atoms with Crippen LogP contribution in [-0.4, -0.2) is 64.8 Å². The van der Waals surface area contributed by atoms with Crippen LogP contribution in [-0.2, 0) is 30.3 Å². The lowest BCUT2D eigenvalue weighted by Gasteiger charge is -2.27. The Morgan fingerprint density at radius 1 is 1.15 bits per heavy atom. The monoisotopic (exact) mass is 658 g/mol. The lowest BCUT2D eigenvalue weighted by Crippen LogP contribution is -2.36. The minimum atomic E-state index is -0.944. The standard InChI is InChI=1S/C36H42N4O8/c1-22(2)33-25(5)13-14-31(42)37-15-7-10-24(4)18-28(47-36(45)38-26-11-6-9-23(3)17-26)19-27(41)20-32-39-29(21-46-32)34(43)40-16-8-12-30(40)35(44)48-33/h6-7,9-14,17-18,21-22,25,28,33H,8,15-16,19-20H2,1-5H3,(H,37,42)(H,38,45)/b10-7+,14-13+,24-18+/t25-,28-,33?/m1/s1. The highest BCUT2D eigenvalue weighted by Crippen LogP contribution is 2.25. The first-order valence-corrected chi connectivity index (χ1v) is 15.9. The molecule has 2 aromatic rings. The van der Waals surface area contributed by atoms with Gasteiger partial charge in [0.15, 0.2) is 5.69 Å². The minimum Gasteiger partial charge on any atom is -0.457 e. The lowest BCUT2D eigenvalue weighted by molar-refractivity contribution is -0.149. The predicted molar refractivity (Wildman–Crippen MR) is 178 cm³/mol. The molecule has 1 unspecified atom stereocenters. The molecule has 0 saturated carbocycles. The first kappa shape index (κ1) is 35.6. The van der Waals surface area contributed by atoms with Gasteiger partial charge in [-0.25, -0.2) is 14.6 Å². The molecule has 0 spiro atoms. The topological polar surface area (TPSA) is 157 Å². The number of aryl methyl sites for hydroxylation is 1. The van der Waals surface area contributed by atoms with Crippen molar-refractivity contribution in [3.05, 3.63) is 95.4 Å². The average Bonchev–Trinajstić information content (AvgIpc) is 3.70. The molecule has 48 heavy (non-hydrogen) atoms. The Labute approximate surface area is 279 Å². The predicted octanol–water partition coefficient (Wildman–Crippen LogP) is 5.22. The average molecular weight is 659 g/mol. The largest absolute Gasteiger partial charge is 0.457 e. The number of amides is 3. The van der Waals surface area contributed by atoms with Crippen molar-refractivity contribution in [2.75, 3.05) is 18.4 Å². The first-order valence-electron chi connectivity index (χ1n) is 15.9. The molecule has 1 aromatic carbocycles. The van der Waals surface area contributed by atoms with Crippen LogP contribution in [0.3, 0.4) is 0 Å². The van der Waals surface area contributed by atoms with Gasteiger partial charge in [0, 0.05) is 31.1 Å². The Morgan fingerprint density at radius 2 is 1.94 bits per heavy atom. The van der Waals surface area contributed by atoms with E-state index in [1.807, 2.05) is 33.8 Å². The molecule has 1 aromatic heterocycles. The molecule has 12 heteroatoms. The number of fused-ring (bicyclic) bond motifs is 3. The summed E-state index contributed by atoms with van der Waals surface area (Å²) in [4.78, 5) is 70.6. The number of nitrogens with zero attached hydrogens (tertiary/aromatic N) is 2. The van der Waals surface area contributed by atoms with E-state index in [0.717, 1.165) is 11.8 Å². The summed E-state index contributed by atoms with van der Waals surface area (Å²) in [5.74, 6) is -2.28. The van der Waals surface area contributed by atoms with Gasteiger partial charge < -0.3 is 24.1 Å². The number of ether oxygens (including phenoxy) is 2. The number of nitrogens with one attached hydrogen (secondary N) is 2. The van der Waals surface area contributed by atoms with Crippen molar-refractivity contribution >= 4 is 35.3 Å². The van der Waals surface area contributed by atoms with Crippen LogP contribution in [0.5, 0.6) is 0 Å². The van der Waals surface area contributed by atoms with E-state index >= 15 is 0 Å². The second-order valence-corrected chi connectivity index (χ2v) is 12.2. The summed E-state index contributed by atoms with van der Waals surface area (Å²) in [6, 6.07) is 7.20. The SMILES string of the molecule is CC1=C\[C@@H](OC(=O)Nc2cccc(C)c2)CC(=O)Cc2nc(co2)C(=O)N2CCC=C2C(=O)OC(C(C)C)[C@H](C)/C=C/C(=O)NC\C=C\1. The van der Waals surface area contributed by atoms with Gasteiger partial charge in [0.05, 0.1) is 6.42 Å². The van der Waals surface area contributed by atoms with E-state index in [2.05, 4.69) is 15.6 Å². The molecular weight excluding hydrogens is 616 g/mol. The molecule has 2 N–H and O–H groups in total. The third-order valence-corrected chi connectivity index (χ3v) is 7.70. The van der Waals surface area contributed by atoms with Crippen molar-refractivity contribution in [2.45, 2.75) is 66.1 Å². The number of Topliss-reactive ketones (excluding diaryl/α,β-unsaturated/α-hetero) is 1. The summed E-state index contributed by atoms with van der Waals surface area (Å²) >= 11 is 0. The van der Waals surface area contributed by atoms with Gasteiger partial charge in [-0.1, -0.05) is 62.8 Å². The number of allylic oxidation sites excluding steroid dienone is 2. The lowest BCUT2D eigenvalue weighted by atomic mass is 9.94. The molecule has 2 aliphatic rings. The molecule has 0 radical (unpaired) electrons. The van der Waals surface area contributed by atoms with Gasteiger partial charge in [-0.3, -0.25) is 19.7 Å². The quantitative estimate of drug-likeness (QED) is 0.422. The summed E-state index contributed by atoms with van der Waals surface area (Å²) in [6.07, 6.45) is 8.72. The van der Waals surface area contributed by atoms with Crippen LogP contribution in [0.2, 0.25) is 0 Å². The maximum Gasteiger partial charge on any atom is 0.412 e. The normalized spacial score (nSPS) is 24.0. The van der Waals surface area contributed by atoms with Gasteiger partial charge in [0.2, 0.25) is 11.8 Å². The molecule has 3 amide bonds. The van der Waals surface area contributed by atoms with Gasteiger partial charge in [-0.2, -0.15) is 0 Å². The van der Waals surface area contributed by atoms with Crippen LogP contribution >= 0.6 is 0 Å². The summed E-state index contributed by atoms with van der Waals surface area (Å²) in [5.41, 5.74) is 2.21. The fraction of sp³-hybridized carbons (Fsp3) is 0.389. The highest BCUT2D eigenvalue weighted by molar-refractivity contribution is 6.00. The number of aromatic nitrogens is 1. The molecule has 254 valence electrons. The summed E-state index contributed by atoms with van der Waals surface area (Å²) in [5, 5.41) is 5.45. The number of rotatable bonds is 3. The van der Waals surface area contributed by atoms with Gasteiger partial charge in [0.25, 0.3) is 5.91 Å². The number of benzene rings is 1. The Hall–Kier alpha value is -5.26. The van der Waals surface area contributed by atoms with E-state index in [0.29, 0.717) is 17.7 Å². The van der Waals surface area contributed by atoms with E-state index in [-0.39, 0.29) is 66.7 Å². The van der Waals surface area contributed by atoms with E-state index in [1.54, 1.807) is 55.5 Å². The fourth-order valence-electron chi connectivity index (χ4n) is 5.40. The Morgan fingerprint density at radius 3 is 2.69 bits per heavy atom. The zero-order valence-electron chi connectivity index (χ0n) is 27.9. The van der Waals surface area contributed by atoms with Crippen LogP contribution in [0, 0.1) is 18.8 Å². The van der Waals surface area contributed by atoms with Crippen molar-refractivity contribution in [3.63, 3.8) is 0 Å². The highest BCUT2D eigenvalue weighted by atomic mass is 16.6. The minimum absolute atomic E-state index is 0.00818. The third kappa shape index (κ3) is 10.1. The number of anilines is 1. The van der Waals surface area contributed by atoms with Crippen molar-refractivity contribution in [1.82, 2.24) is 15.2 Å². The van der Waals surface area contributed by atoms with Crippen LogP contribution in [0.1, 0.15) is 62.5 Å². The van der Waals surface area contributed by atoms with Crippen LogP contribution in [0.4, 0.5) is 10.5 Å². The van der Waals surface area contributed by atoms with Crippen molar-refractivity contribution in [1.29, 1.82) is 0 Å². The summed E-state index contributed by atoms with van der Waals surface area (Å²) in [7, 11) is 0. The van der Waals surface area contributed by atoms with Gasteiger partial charge in [-0.15, -0.1) is 0 Å². The number of ketones is 1. The third-order valence-electron chi connectivity index (χ3n) is 7.70. The highest BCUT2D eigenvalue weighted by Gasteiger charge is 2.33. The second-order valence-electron chi connectivity index (χ2n) is 12.2. The number of cyclic esters (lactones) is 1. The first-order chi connectivity index (χ1) is 22.9. The molecule has 0 aliphatic carbocycles. The van der Waals surface area contributed by atoms with E-state index < -0.39 is 30.2 Å². The zero-order chi connectivity index (χ0) is 34.8. The second kappa shape index (κ2) is 16.5. The van der Waals surface area contributed by atoms with Gasteiger partial charge in [0.1, 0.15) is 30.0 Å². The molecule has 2 aliphatic heterocycles. The number of oxazole rings is 1. The van der Waals surface area contributed by atoms with Crippen LogP contribution in [0.25, 0.3) is 0 Å².